The molecule has 0 bridgehead atoms. The predicted octanol–water partition coefficient (Wildman–Crippen LogP) is 6.52. The maximum absolute atomic E-state index is 11.8. The molecule has 1 amide bonds. The van der Waals surface area contributed by atoms with Crippen molar-refractivity contribution in [2.24, 2.45) is 0 Å². The lowest BCUT2D eigenvalue weighted by Gasteiger charge is -2.23. The molecule has 0 spiro atoms. The Morgan fingerprint density at radius 3 is 2.00 bits per heavy atom. The third kappa shape index (κ3) is 20.3. The number of hydrogen-bond acceptors (Lipinski definition) is 2. The summed E-state index contributed by atoms with van der Waals surface area (Å²) in [4.78, 5) is 11.8. The minimum Gasteiger partial charge on any atom is -0.388 e. The van der Waals surface area contributed by atoms with Crippen LogP contribution in [0.3, 0.4) is 0 Å². The molecular formula is C27H41NO2. The Balaban J connectivity index is 3.91. The fraction of sp³-hybridized carbons (Fsp3) is 0.444. The molecule has 0 saturated heterocycles. The van der Waals surface area contributed by atoms with E-state index in [1.807, 2.05) is 67.7 Å². The standard InChI is InChI=1S/C27H41NO2/c1-4-6-8-10-11-12-13-14-15-16-17-18-19-20-21-23-26(29)28-25-27(3,30)24-22-9-7-5-2/h4,6,8,10-14,17-21,23,30H,5,7,9,15-16,22,24-25H2,1-3H3,(H,28,29). The van der Waals surface area contributed by atoms with Crippen LogP contribution in [0.15, 0.2) is 85.1 Å². The second-order valence-corrected chi connectivity index (χ2v) is 7.50. The third-order valence-electron chi connectivity index (χ3n) is 4.31. The van der Waals surface area contributed by atoms with E-state index >= 15 is 0 Å². The lowest BCUT2D eigenvalue weighted by molar-refractivity contribution is -0.117. The van der Waals surface area contributed by atoms with Gasteiger partial charge in [-0.05, 0) is 33.1 Å². The zero-order valence-corrected chi connectivity index (χ0v) is 19.1. The van der Waals surface area contributed by atoms with E-state index in [1.54, 1.807) is 13.0 Å². The van der Waals surface area contributed by atoms with E-state index in [4.69, 9.17) is 0 Å². The molecule has 0 aromatic heterocycles. The van der Waals surface area contributed by atoms with E-state index in [0.717, 1.165) is 25.7 Å². The maximum atomic E-state index is 11.8. The van der Waals surface area contributed by atoms with Gasteiger partial charge in [-0.15, -0.1) is 0 Å². The number of nitrogens with one attached hydrogen (secondary N) is 1. The van der Waals surface area contributed by atoms with Crippen molar-refractivity contribution in [2.45, 2.75) is 71.3 Å². The van der Waals surface area contributed by atoms with E-state index in [2.05, 4.69) is 24.4 Å². The van der Waals surface area contributed by atoms with Gasteiger partial charge < -0.3 is 10.4 Å². The molecule has 0 radical (unpaired) electrons. The van der Waals surface area contributed by atoms with E-state index in [9.17, 15) is 9.90 Å². The van der Waals surface area contributed by atoms with E-state index < -0.39 is 5.60 Å². The molecule has 2 N–H and O–H groups in total. The van der Waals surface area contributed by atoms with Crippen LogP contribution in [0.5, 0.6) is 0 Å². The SMILES string of the molecule is CC=CC=CC=CC=CCCC=CC=CC=CC(=O)NCC(C)(O)CCCCCC. The first-order valence-corrected chi connectivity index (χ1v) is 11.1. The van der Waals surface area contributed by atoms with E-state index in [-0.39, 0.29) is 12.5 Å². The Morgan fingerprint density at radius 1 is 0.833 bits per heavy atom. The lowest BCUT2D eigenvalue weighted by Crippen LogP contribution is -2.40. The van der Waals surface area contributed by atoms with Crippen molar-refractivity contribution in [3.05, 3.63) is 85.1 Å². The van der Waals surface area contributed by atoms with Gasteiger partial charge in [0.25, 0.3) is 0 Å². The molecule has 0 aliphatic heterocycles. The van der Waals surface area contributed by atoms with Crippen molar-refractivity contribution in [3.63, 3.8) is 0 Å². The number of hydrogen-bond donors (Lipinski definition) is 2. The molecule has 1 unspecified atom stereocenters. The van der Waals surface area contributed by atoms with Gasteiger partial charge in [0.15, 0.2) is 0 Å². The van der Waals surface area contributed by atoms with Crippen LogP contribution in [0.4, 0.5) is 0 Å². The molecule has 1 atom stereocenters. The molecule has 0 heterocycles. The molecule has 0 fully saturated rings. The number of allylic oxidation sites excluding steroid dienone is 13. The van der Waals surface area contributed by atoms with Crippen LogP contribution in [0, 0.1) is 0 Å². The Labute approximate surface area is 184 Å². The zero-order valence-electron chi connectivity index (χ0n) is 19.1. The van der Waals surface area contributed by atoms with Crippen molar-refractivity contribution in [1.29, 1.82) is 0 Å². The number of amides is 1. The van der Waals surface area contributed by atoms with Gasteiger partial charge in [0.1, 0.15) is 0 Å². The van der Waals surface area contributed by atoms with Gasteiger partial charge >= 0.3 is 0 Å². The fourth-order valence-electron chi connectivity index (χ4n) is 2.54. The average molecular weight is 412 g/mol. The third-order valence-corrected chi connectivity index (χ3v) is 4.31. The zero-order chi connectivity index (χ0) is 22.3. The molecule has 166 valence electrons. The van der Waals surface area contributed by atoms with Crippen LogP contribution in [0.25, 0.3) is 0 Å². The van der Waals surface area contributed by atoms with Crippen molar-refractivity contribution >= 4 is 5.91 Å². The van der Waals surface area contributed by atoms with Crippen LogP contribution in [0.1, 0.15) is 65.7 Å². The minimum absolute atomic E-state index is 0.184. The molecule has 0 rings (SSSR count). The van der Waals surface area contributed by atoms with Crippen LogP contribution >= 0.6 is 0 Å². The monoisotopic (exact) mass is 411 g/mol. The van der Waals surface area contributed by atoms with Crippen LogP contribution in [-0.2, 0) is 4.79 Å². The molecule has 0 aromatic rings. The predicted molar refractivity (Wildman–Crippen MR) is 131 cm³/mol. The molecule has 30 heavy (non-hydrogen) atoms. The molecule has 3 nitrogen and oxygen atoms in total. The van der Waals surface area contributed by atoms with Gasteiger partial charge in [-0.2, -0.15) is 0 Å². The second-order valence-electron chi connectivity index (χ2n) is 7.50. The molecule has 0 aliphatic rings. The summed E-state index contributed by atoms with van der Waals surface area (Å²) in [5.41, 5.74) is -0.844. The minimum atomic E-state index is -0.844. The van der Waals surface area contributed by atoms with Gasteiger partial charge in [-0.3, -0.25) is 4.79 Å². The number of aliphatic hydroxyl groups is 1. The highest BCUT2D eigenvalue weighted by Crippen LogP contribution is 2.14. The number of carbonyl (C=O) groups excluding carboxylic acids is 1. The topological polar surface area (TPSA) is 49.3 Å². The van der Waals surface area contributed by atoms with Gasteiger partial charge in [-0.1, -0.05) is 112 Å². The van der Waals surface area contributed by atoms with Gasteiger partial charge in [-0.25, -0.2) is 0 Å². The summed E-state index contributed by atoms with van der Waals surface area (Å²) < 4.78 is 0. The Hall–Kier alpha value is -2.39. The Bertz CT molecular complexity index is 631. The number of unbranched alkanes of at least 4 members (excludes halogenated alkanes) is 4. The smallest absolute Gasteiger partial charge is 0.244 e. The number of carbonyl (C=O) groups is 1. The van der Waals surface area contributed by atoms with Gasteiger partial charge in [0.05, 0.1) is 5.60 Å². The highest BCUT2D eigenvalue weighted by Gasteiger charge is 2.19. The van der Waals surface area contributed by atoms with Crippen molar-refractivity contribution in [2.75, 3.05) is 6.54 Å². The lowest BCUT2D eigenvalue weighted by atomic mass is 9.98. The summed E-state index contributed by atoms with van der Waals surface area (Å²) in [5, 5.41) is 13.1. The Kier molecular flexibility index (Phi) is 18.3. The van der Waals surface area contributed by atoms with E-state index in [1.165, 1.54) is 18.9 Å². The molecule has 3 heteroatoms. The molecule has 0 aromatic carbocycles. The quantitative estimate of drug-likeness (QED) is 0.173. The first kappa shape index (κ1) is 27.6. The molecular weight excluding hydrogens is 370 g/mol. The van der Waals surface area contributed by atoms with E-state index in [0.29, 0.717) is 6.42 Å². The second kappa shape index (κ2) is 19.9. The molecule has 0 aliphatic carbocycles. The highest BCUT2D eigenvalue weighted by atomic mass is 16.3. The summed E-state index contributed by atoms with van der Waals surface area (Å²) in [6, 6.07) is 0. The largest absolute Gasteiger partial charge is 0.388 e. The van der Waals surface area contributed by atoms with Crippen molar-refractivity contribution in [1.82, 2.24) is 5.32 Å². The Morgan fingerprint density at radius 2 is 1.40 bits per heavy atom. The first-order valence-electron chi connectivity index (χ1n) is 11.1. The van der Waals surface area contributed by atoms with Crippen LogP contribution in [-0.4, -0.2) is 23.2 Å². The number of rotatable bonds is 16. The van der Waals surface area contributed by atoms with Crippen molar-refractivity contribution in [3.8, 4) is 0 Å². The summed E-state index contributed by atoms with van der Waals surface area (Å²) in [6.45, 7) is 6.22. The molecule has 0 saturated carbocycles. The average Bonchev–Trinajstić information content (AvgIpc) is 2.72. The highest BCUT2D eigenvalue weighted by molar-refractivity contribution is 5.87. The van der Waals surface area contributed by atoms with Crippen molar-refractivity contribution < 1.29 is 9.90 Å². The van der Waals surface area contributed by atoms with Crippen LogP contribution < -0.4 is 5.32 Å². The fourth-order valence-corrected chi connectivity index (χ4v) is 2.54. The maximum Gasteiger partial charge on any atom is 0.244 e. The summed E-state index contributed by atoms with van der Waals surface area (Å²) in [7, 11) is 0. The van der Waals surface area contributed by atoms with Gasteiger partial charge in [0.2, 0.25) is 5.91 Å². The summed E-state index contributed by atoms with van der Waals surface area (Å²) in [5.74, 6) is -0.184. The summed E-state index contributed by atoms with van der Waals surface area (Å²) >= 11 is 0. The normalized spacial score (nSPS) is 15.2. The van der Waals surface area contributed by atoms with Crippen LogP contribution in [0.2, 0.25) is 0 Å². The summed E-state index contributed by atoms with van der Waals surface area (Å²) in [6.07, 6.45) is 34.4. The van der Waals surface area contributed by atoms with Gasteiger partial charge in [0, 0.05) is 12.6 Å². The first-order chi connectivity index (χ1) is 14.5.